The van der Waals surface area contributed by atoms with Crippen molar-refractivity contribution in [1.82, 2.24) is 9.97 Å². The number of unbranched alkanes of at least 4 members (excludes halogenated alkanes) is 2. The first-order valence-electron chi connectivity index (χ1n) is 17.4. The number of fused-ring (bicyclic) bond motifs is 2. The summed E-state index contributed by atoms with van der Waals surface area (Å²) in [5.74, 6) is 0. The van der Waals surface area contributed by atoms with Crippen LogP contribution in [0.15, 0.2) is 146 Å². The molecule has 0 unspecified atom stereocenters. The monoisotopic (exact) mass is 876 g/mol. The Morgan fingerprint density at radius 2 is 1.02 bits per heavy atom. The van der Waals surface area contributed by atoms with E-state index in [0.717, 1.165) is 24.2 Å². The van der Waals surface area contributed by atoms with Crippen LogP contribution in [0.2, 0.25) is 0 Å². The Labute approximate surface area is 362 Å². The number of pyridine rings is 2. The van der Waals surface area contributed by atoms with Gasteiger partial charge in [-0.3, -0.25) is 22.1 Å². The largest absolute Gasteiger partial charge is 2.00 e. The molecule has 0 atom stereocenters. The number of rotatable bonds is 8. The maximum Gasteiger partial charge on any atom is 2.00 e. The fourth-order valence-electron chi connectivity index (χ4n) is 5.82. The van der Waals surface area contributed by atoms with E-state index in [1.807, 2.05) is 61.0 Å². The van der Waals surface area contributed by atoms with E-state index < -0.39 is 0 Å². The van der Waals surface area contributed by atoms with E-state index in [-0.39, 0.29) is 77.2 Å². The van der Waals surface area contributed by atoms with Crippen molar-refractivity contribution in [1.29, 1.82) is 0 Å². The van der Waals surface area contributed by atoms with Gasteiger partial charge >= 0.3 is 52.4 Å². The summed E-state index contributed by atoms with van der Waals surface area (Å²) in [6, 6.07) is 34.4. The van der Waals surface area contributed by atoms with Gasteiger partial charge in [0.2, 0.25) is 0 Å². The van der Waals surface area contributed by atoms with E-state index in [4.69, 9.17) is 0 Å². The summed E-state index contributed by atoms with van der Waals surface area (Å²) >= 11 is 0. The van der Waals surface area contributed by atoms with Gasteiger partial charge in [0.15, 0.2) is 0 Å². The van der Waals surface area contributed by atoms with E-state index in [0.29, 0.717) is 0 Å². The van der Waals surface area contributed by atoms with Crippen LogP contribution in [0.25, 0.3) is 44.1 Å². The Morgan fingerprint density at radius 3 is 1.33 bits per heavy atom. The standard InChI is InChI=1S/2C18H18N.2C5H5.2ClH.2Zr/c2*1-2-3-7-14-12-15-8-6-9-16(17(15)13-14)18-10-4-5-11-19-18;2*1-2-4-5-3-1;;;;/h2*4-6,8-13H,2-3,7H2,1H3;2*1-3H,4H2;2*1H;;/q4*-1;;;2*+2/p-2. The van der Waals surface area contributed by atoms with Gasteiger partial charge in [-0.25, -0.2) is 24.3 Å². The van der Waals surface area contributed by atoms with Crippen molar-refractivity contribution in [3.63, 3.8) is 0 Å². The zero-order valence-corrected chi connectivity index (χ0v) is 36.6. The Kier molecular flexibility index (Phi) is 24.5. The second kappa shape index (κ2) is 26.9. The molecule has 2 nitrogen and oxygen atoms in total. The average molecular weight is 880 g/mol. The Balaban J connectivity index is 0.000000386. The third kappa shape index (κ3) is 14.6. The molecule has 0 amide bonds. The van der Waals surface area contributed by atoms with Crippen LogP contribution in [0.5, 0.6) is 0 Å². The second-order valence-electron chi connectivity index (χ2n) is 12.0. The van der Waals surface area contributed by atoms with Gasteiger partial charge in [-0.2, -0.15) is 24.3 Å². The molecule has 2 aliphatic carbocycles. The maximum atomic E-state index is 4.47. The molecule has 52 heavy (non-hydrogen) atoms. The molecule has 2 aromatic heterocycles. The number of allylic oxidation sites excluding steroid dienone is 8. The predicted octanol–water partition coefficient (Wildman–Crippen LogP) is 6.54. The van der Waals surface area contributed by atoms with Gasteiger partial charge in [-0.1, -0.05) is 63.8 Å². The Morgan fingerprint density at radius 1 is 0.577 bits per heavy atom. The maximum absolute atomic E-state index is 4.47. The normalized spacial score (nSPS) is 11.4. The SMILES string of the molecule is CCCCc1cc2c(-c3ccccn3)cccc2[cH-]1.CCCCc1cc2c(-c3ccccn3)cccc2[cH-]1.[C-]1=CC=CC1.[C-]1=CC=CC1.[Cl-].[Cl-].[Zr+2].[Zr+2]. The summed E-state index contributed by atoms with van der Waals surface area (Å²) in [6.07, 6.45) is 31.1. The van der Waals surface area contributed by atoms with Crippen LogP contribution in [-0.2, 0) is 65.2 Å². The molecule has 6 aromatic rings. The van der Waals surface area contributed by atoms with Crippen LogP contribution < -0.4 is 24.8 Å². The van der Waals surface area contributed by atoms with E-state index in [9.17, 15) is 0 Å². The van der Waals surface area contributed by atoms with Gasteiger partial charge < -0.3 is 24.8 Å². The van der Waals surface area contributed by atoms with Crippen LogP contribution in [0.3, 0.4) is 0 Å². The van der Waals surface area contributed by atoms with Gasteiger partial charge in [-0.05, 0) is 48.2 Å². The summed E-state index contributed by atoms with van der Waals surface area (Å²) in [5.41, 5.74) is 7.48. The summed E-state index contributed by atoms with van der Waals surface area (Å²) in [4.78, 5) is 8.94. The fourth-order valence-corrected chi connectivity index (χ4v) is 5.82. The zero-order valence-electron chi connectivity index (χ0n) is 30.2. The number of aromatic nitrogens is 2. The first-order chi connectivity index (χ1) is 23.8. The quantitative estimate of drug-likeness (QED) is 0.163. The molecule has 264 valence electrons. The number of halogens is 2. The molecule has 0 spiro atoms. The zero-order chi connectivity index (χ0) is 33.2. The summed E-state index contributed by atoms with van der Waals surface area (Å²) in [6.45, 7) is 4.48. The molecule has 0 fully saturated rings. The smallest absolute Gasteiger partial charge is 1.00 e. The summed E-state index contributed by atoms with van der Waals surface area (Å²) in [7, 11) is 0. The van der Waals surface area contributed by atoms with Crippen LogP contribution >= 0.6 is 0 Å². The number of benzene rings is 2. The third-order valence-electron chi connectivity index (χ3n) is 8.31. The first-order valence-corrected chi connectivity index (χ1v) is 17.4. The van der Waals surface area contributed by atoms with Crippen molar-refractivity contribution >= 4 is 21.5 Å². The molecule has 0 aliphatic heterocycles. The van der Waals surface area contributed by atoms with E-state index in [1.54, 1.807) is 0 Å². The van der Waals surface area contributed by atoms with Crippen molar-refractivity contribution in [2.75, 3.05) is 0 Å². The fraction of sp³-hybridized carbons (Fsp3) is 0.217. The van der Waals surface area contributed by atoms with Crippen LogP contribution in [-0.4, -0.2) is 9.97 Å². The predicted molar refractivity (Wildman–Crippen MR) is 206 cm³/mol. The molecule has 0 bridgehead atoms. The number of aryl methyl sites for hydroxylation is 2. The minimum Gasteiger partial charge on any atom is -1.00 e. The number of nitrogens with zero attached hydrogens (tertiary/aromatic N) is 2. The van der Waals surface area contributed by atoms with Gasteiger partial charge in [-0.15, -0.1) is 81.9 Å². The van der Waals surface area contributed by atoms with Gasteiger partial charge in [0.25, 0.3) is 0 Å². The molecule has 0 saturated heterocycles. The average Bonchev–Trinajstić information content (AvgIpc) is 3.99. The first kappa shape index (κ1) is 47.3. The Hall–Kier alpha value is -2.73. The molecule has 2 heterocycles. The topological polar surface area (TPSA) is 25.8 Å². The van der Waals surface area contributed by atoms with E-state index in [1.165, 1.54) is 82.3 Å². The number of hydrogen-bond donors (Lipinski definition) is 0. The third-order valence-corrected chi connectivity index (χ3v) is 8.31. The molecule has 0 saturated carbocycles. The van der Waals surface area contributed by atoms with E-state index >= 15 is 0 Å². The van der Waals surface area contributed by atoms with Crippen molar-refractivity contribution in [3.8, 4) is 22.5 Å². The van der Waals surface area contributed by atoms with Crippen molar-refractivity contribution in [3.05, 3.63) is 169 Å². The molecule has 0 radical (unpaired) electrons. The molecular weight excluding hydrogens is 834 g/mol. The van der Waals surface area contributed by atoms with Gasteiger partial charge in [0.1, 0.15) is 0 Å². The summed E-state index contributed by atoms with van der Waals surface area (Å²) in [5, 5.41) is 5.31. The molecule has 0 N–H and O–H groups in total. The minimum absolute atomic E-state index is 0. The summed E-state index contributed by atoms with van der Waals surface area (Å²) < 4.78 is 0. The van der Waals surface area contributed by atoms with Crippen molar-refractivity contribution in [2.45, 2.75) is 65.2 Å². The van der Waals surface area contributed by atoms with E-state index in [2.05, 4.69) is 121 Å². The Bertz CT molecular complexity index is 1790. The molecular formula is C46H46Cl2N2Zr2-2. The van der Waals surface area contributed by atoms with Crippen LogP contribution in [0, 0.1) is 12.2 Å². The van der Waals surface area contributed by atoms with Crippen molar-refractivity contribution in [2.24, 2.45) is 0 Å². The molecule has 4 aromatic carbocycles. The van der Waals surface area contributed by atoms with Gasteiger partial charge in [0.05, 0.1) is 11.4 Å². The molecule has 2 aliphatic rings. The second-order valence-corrected chi connectivity index (χ2v) is 12.0. The van der Waals surface area contributed by atoms with Crippen molar-refractivity contribution < 1.29 is 77.2 Å². The number of hydrogen-bond acceptors (Lipinski definition) is 2. The van der Waals surface area contributed by atoms with Crippen LogP contribution in [0.4, 0.5) is 0 Å². The molecule has 6 heteroatoms. The van der Waals surface area contributed by atoms with Gasteiger partial charge in [0, 0.05) is 12.4 Å². The minimum atomic E-state index is 0. The van der Waals surface area contributed by atoms with Crippen LogP contribution in [0.1, 0.15) is 63.5 Å². The molecule has 8 rings (SSSR count).